The summed E-state index contributed by atoms with van der Waals surface area (Å²) in [4.78, 5) is 9.06. The van der Waals surface area contributed by atoms with Gasteiger partial charge in [-0.2, -0.15) is 5.26 Å². The zero-order chi connectivity index (χ0) is 18.5. The maximum atomic E-state index is 13.6. The summed E-state index contributed by atoms with van der Waals surface area (Å²) in [6.45, 7) is 0.875. The van der Waals surface area contributed by atoms with Crippen LogP contribution in [0.4, 0.5) is 4.39 Å². The van der Waals surface area contributed by atoms with Gasteiger partial charge in [-0.15, -0.1) is 0 Å². The molecule has 0 saturated heterocycles. The van der Waals surface area contributed by atoms with Crippen molar-refractivity contribution in [2.45, 2.75) is 19.4 Å². The zero-order valence-electron chi connectivity index (χ0n) is 14.2. The Labute approximate surface area is 159 Å². The Kier molecular flexibility index (Phi) is 3.52. The quantitative estimate of drug-likeness (QED) is 0.517. The molecule has 0 atom stereocenters. The summed E-state index contributed by atoms with van der Waals surface area (Å²) < 4.78 is 17.6. The van der Waals surface area contributed by atoms with Crippen LogP contribution in [0, 0.1) is 17.1 Å². The second-order valence-corrected chi connectivity index (χ2v) is 6.92. The normalized spacial score (nSPS) is 13.1. The number of pyridine rings is 1. The lowest BCUT2D eigenvalue weighted by molar-refractivity contribution is 0.628. The smallest absolute Gasteiger partial charge is 0.144 e. The fraction of sp³-hybridized carbons (Fsp3) is 0.150. The van der Waals surface area contributed by atoms with Crippen LogP contribution < -0.4 is 0 Å². The van der Waals surface area contributed by atoms with Gasteiger partial charge in [-0.3, -0.25) is 4.40 Å². The molecule has 0 bridgehead atoms. The number of hydrogen-bond acceptors (Lipinski definition) is 3. The van der Waals surface area contributed by atoms with Crippen molar-refractivity contribution in [2.24, 2.45) is 0 Å². The van der Waals surface area contributed by atoms with Gasteiger partial charge in [0.25, 0.3) is 0 Å². The molecule has 0 spiro atoms. The second kappa shape index (κ2) is 5.93. The molecule has 0 N–H and O–H groups in total. The minimum Gasteiger partial charge on any atom is -0.327 e. The van der Waals surface area contributed by atoms with Crippen molar-refractivity contribution < 1.29 is 4.39 Å². The van der Waals surface area contributed by atoms with Crippen LogP contribution in [-0.4, -0.2) is 18.9 Å². The molecule has 0 unspecified atom stereocenters. The minimum absolute atomic E-state index is 0.0726. The molecule has 3 aromatic heterocycles. The Balaban J connectivity index is 1.76. The number of fused-ring (bicyclic) bond motifs is 2. The Bertz CT molecular complexity index is 1250. The SMILES string of the molecule is N#Cc1cnc2ccc(-c3c(-c4ccc(F)c(Cl)c4)nc4n3CCC4)cn12. The van der Waals surface area contributed by atoms with Gasteiger partial charge in [0, 0.05) is 30.3 Å². The molecule has 7 heteroatoms. The van der Waals surface area contributed by atoms with Crippen molar-refractivity contribution in [3.05, 3.63) is 65.1 Å². The van der Waals surface area contributed by atoms with E-state index in [2.05, 4.69) is 15.6 Å². The Morgan fingerprint density at radius 1 is 1.19 bits per heavy atom. The molecule has 0 saturated carbocycles. The number of nitrogens with zero attached hydrogens (tertiary/aromatic N) is 5. The van der Waals surface area contributed by atoms with E-state index >= 15 is 0 Å². The highest BCUT2D eigenvalue weighted by molar-refractivity contribution is 6.31. The zero-order valence-corrected chi connectivity index (χ0v) is 14.9. The van der Waals surface area contributed by atoms with Gasteiger partial charge in [-0.1, -0.05) is 11.6 Å². The first-order chi connectivity index (χ1) is 13.2. The van der Waals surface area contributed by atoms with Gasteiger partial charge in [0.05, 0.1) is 22.6 Å². The van der Waals surface area contributed by atoms with E-state index in [9.17, 15) is 9.65 Å². The molecule has 0 fully saturated rings. The largest absolute Gasteiger partial charge is 0.327 e. The van der Waals surface area contributed by atoms with Crippen LogP contribution in [0.3, 0.4) is 0 Å². The molecule has 132 valence electrons. The lowest BCUT2D eigenvalue weighted by Gasteiger charge is -2.10. The summed E-state index contributed by atoms with van der Waals surface area (Å²) in [7, 11) is 0. The molecule has 0 radical (unpaired) electrons. The highest BCUT2D eigenvalue weighted by Gasteiger charge is 2.24. The van der Waals surface area contributed by atoms with Crippen molar-refractivity contribution >= 4 is 17.2 Å². The van der Waals surface area contributed by atoms with Crippen molar-refractivity contribution in [2.75, 3.05) is 0 Å². The van der Waals surface area contributed by atoms with Crippen molar-refractivity contribution in [3.8, 4) is 28.6 Å². The highest BCUT2D eigenvalue weighted by atomic mass is 35.5. The Morgan fingerprint density at radius 2 is 2.04 bits per heavy atom. The van der Waals surface area contributed by atoms with Crippen LogP contribution in [-0.2, 0) is 13.0 Å². The monoisotopic (exact) mass is 377 g/mol. The fourth-order valence-corrected chi connectivity index (χ4v) is 3.85. The minimum atomic E-state index is -0.452. The van der Waals surface area contributed by atoms with E-state index in [1.54, 1.807) is 22.7 Å². The summed E-state index contributed by atoms with van der Waals surface area (Å²) in [6, 6.07) is 10.7. The number of rotatable bonds is 2. The first kappa shape index (κ1) is 16.0. The van der Waals surface area contributed by atoms with E-state index in [1.165, 1.54) is 6.07 Å². The van der Waals surface area contributed by atoms with Gasteiger partial charge in [0.15, 0.2) is 0 Å². The third-order valence-corrected chi connectivity index (χ3v) is 5.21. The van der Waals surface area contributed by atoms with Crippen molar-refractivity contribution in [3.63, 3.8) is 0 Å². The molecule has 1 aromatic carbocycles. The molecule has 5 rings (SSSR count). The maximum Gasteiger partial charge on any atom is 0.144 e. The summed E-state index contributed by atoms with van der Waals surface area (Å²) in [6.07, 6.45) is 5.40. The van der Waals surface area contributed by atoms with E-state index in [4.69, 9.17) is 16.6 Å². The molecule has 4 heterocycles. The van der Waals surface area contributed by atoms with E-state index < -0.39 is 5.82 Å². The van der Waals surface area contributed by atoms with E-state index in [0.29, 0.717) is 11.3 Å². The number of aromatic nitrogens is 4. The fourth-order valence-electron chi connectivity index (χ4n) is 3.67. The van der Waals surface area contributed by atoms with Crippen molar-refractivity contribution in [1.29, 1.82) is 5.26 Å². The molecule has 0 aliphatic carbocycles. The molecular weight excluding hydrogens is 365 g/mol. The number of aryl methyl sites for hydroxylation is 1. The van der Waals surface area contributed by atoms with Gasteiger partial charge >= 0.3 is 0 Å². The summed E-state index contributed by atoms with van der Waals surface area (Å²) in [5.41, 5.74) is 4.59. The predicted molar refractivity (Wildman–Crippen MR) is 99.9 cm³/mol. The lowest BCUT2D eigenvalue weighted by Crippen LogP contribution is -1.98. The van der Waals surface area contributed by atoms with Crippen LogP contribution >= 0.6 is 11.6 Å². The molecule has 0 amide bonds. The summed E-state index contributed by atoms with van der Waals surface area (Å²) >= 11 is 6.00. The number of hydrogen-bond donors (Lipinski definition) is 0. The average Bonchev–Trinajstić information content (AvgIpc) is 3.36. The summed E-state index contributed by atoms with van der Waals surface area (Å²) in [5, 5.41) is 9.38. The number of halogens is 2. The van der Waals surface area contributed by atoms with Crippen molar-refractivity contribution in [1.82, 2.24) is 18.9 Å². The highest BCUT2D eigenvalue weighted by Crippen LogP contribution is 2.37. The average molecular weight is 378 g/mol. The van der Waals surface area contributed by atoms with Crippen LogP contribution in [0.15, 0.2) is 42.7 Å². The second-order valence-electron chi connectivity index (χ2n) is 6.51. The molecule has 5 nitrogen and oxygen atoms in total. The number of nitriles is 1. The molecule has 1 aliphatic rings. The van der Waals surface area contributed by atoms with Crippen LogP contribution in [0.1, 0.15) is 17.9 Å². The van der Waals surface area contributed by atoms with E-state index in [1.807, 2.05) is 18.3 Å². The van der Waals surface area contributed by atoms with Crippen LogP contribution in [0.5, 0.6) is 0 Å². The third-order valence-electron chi connectivity index (χ3n) is 4.92. The standard InChI is InChI=1S/C20H13ClFN5/c21-15-8-12(3-5-16(15)22)19-20(26-7-1-2-18(26)25-19)13-4-6-17-24-10-14(9-23)27(17)11-13/h3-6,8,10-11H,1-2,7H2. The molecular formula is C20H13ClFN5. The molecule has 27 heavy (non-hydrogen) atoms. The van der Waals surface area contributed by atoms with Crippen LogP contribution in [0.2, 0.25) is 5.02 Å². The topological polar surface area (TPSA) is 58.9 Å². The number of benzene rings is 1. The predicted octanol–water partition coefficient (Wildman–Crippen LogP) is 4.48. The lowest BCUT2D eigenvalue weighted by atomic mass is 10.1. The van der Waals surface area contributed by atoms with E-state index in [0.717, 1.165) is 47.7 Å². The third kappa shape index (κ3) is 2.43. The Morgan fingerprint density at radius 3 is 2.85 bits per heavy atom. The van der Waals surface area contributed by atoms with Gasteiger partial charge < -0.3 is 4.57 Å². The first-order valence-corrected chi connectivity index (χ1v) is 8.96. The summed E-state index contributed by atoms with van der Waals surface area (Å²) in [5.74, 6) is 0.555. The van der Waals surface area contributed by atoms with Gasteiger partial charge in [0.2, 0.25) is 0 Å². The van der Waals surface area contributed by atoms with Gasteiger partial charge in [-0.25, -0.2) is 14.4 Å². The van der Waals surface area contributed by atoms with Gasteiger partial charge in [0.1, 0.15) is 29.1 Å². The molecule has 4 aromatic rings. The Hall–Kier alpha value is -3.17. The molecule has 1 aliphatic heterocycles. The first-order valence-electron chi connectivity index (χ1n) is 8.58. The number of imidazole rings is 2. The van der Waals surface area contributed by atoms with Crippen LogP contribution in [0.25, 0.3) is 28.2 Å². The van der Waals surface area contributed by atoms with Gasteiger partial charge in [-0.05, 0) is 36.8 Å². The van der Waals surface area contributed by atoms with E-state index in [-0.39, 0.29) is 5.02 Å². The maximum absolute atomic E-state index is 13.6.